The van der Waals surface area contributed by atoms with E-state index in [1.165, 1.54) is 12.0 Å². The van der Waals surface area contributed by atoms with Crippen molar-refractivity contribution in [3.63, 3.8) is 0 Å². The summed E-state index contributed by atoms with van der Waals surface area (Å²) in [5.74, 6) is 0. The van der Waals surface area contributed by atoms with Crippen LogP contribution >= 0.6 is 0 Å². The van der Waals surface area contributed by atoms with Gasteiger partial charge in [-0.3, -0.25) is 4.90 Å². The lowest BCUT2D eigenvalue weighted by Crippen LogP contribution is -2.58. The molecule has 0 saturated carbocycles. The molecule has 1 aliphatic rings. The van der Waals surface area contributed by atoms with Gasteiger partial charge in [-0.15, -0.1) is 0 Å². The van der Waals surface area contributed by atoms with Gasteiger partial charge in [-0.25, -0.2) is 0 Å². The Balaban J connectivity index is 2.48. The van der Waals surface area contributed by atoms with Gasteiger partial charge in [-0.05, 0) is 20.3 Å². The van der Waals surface area contributed by atoms with Crippen LogP contribution in [0.5, 0.6) is 0 Å². The summed E-state index contributed by atoms with van der Waals surface area (Å²) in [6.07, 6.45) is 1.82. The van der Waals surface area contributed by atoms with Crippen LogP contribution in [0, 0.1) is 11.3 Å². The average Bonchev–Trinajstić information content (AvgIpc) is 2.01. The Hall–Kier alpha value is -0.810. The summed E-state index contributed by atoms with van der Waals surface area (Å²) >= 11 is 0. The van der Waals surface area contributed by atoms with Gasteiger partial charge in [0.05, 0.1) is 6.07 Å². The van der Waals surface area contributed by atoms with Crippen LogP contribution < -0.4 is 0 Å². The third-order valence-electron chi connectivity index (χ3n) is 2.98. The fourth-order valence-electron chi connectivity index (χ4n) is 1.63. The third-order valence-corrected chi connectivity index (χ3v) is 2.98. The van der Waals surface area contributed by atoms with Crippen molar-refractivity contribution in [2.45, 2.75) is 32.2 Å². The van der Waals surface area contributed by atoms with Crippen molar-refractivity contribution in [3.05, 3.63) is 12.2 Å². The maximum Gasteiger partial charge on any atom is 0.0635 e. The Morgan fingerprint density at radius 3 is 2.75 bits per heavy atom. The van der Waals surface area contributed by atoms with Crippen LogP contribution in [0.1, 0.15) is 26.7 Å². The van der Waals surface area contributed by atoms with Gasteiger partial charge in [-0.2, -0.15) is 5.26 Å². The molecule has 0 aromatic rings. The van der Waals surface area contributed by atoms with E-state index >= 15 is 0 Å². The number of nitrogens with zero attached hydrogens (tertiary/aromatic N) is 2. The Bertz CT molecular complexity index is 226. The van der Waals surface area contributed by atoms with Crippen molar-refractivity contribution in [2.24, 2.45) is 0 Å². The minimum absolute atomic E-state index is 0.177. The Morgan fingerprint density at radius 1 is 1.75 bits per heavy atom. The summed E-state index contributed by atoms with van der Waals surface area (Å²) in [7, 11) is 0. The van der Waals surface area contributed by atoms with Gasteiger partial charge < -0.3 is 0 Å². The molecule has 0 spiro atoms. The van der Waals surface area contributed by atoms with Crippen molar-refractivity contribution in [3.8, 4) is 6.07 Å². The van der Waals surface area contributed by atoms with E-state index in [9.17, 15) is 0 Å². The van der Waals surface area contributed by atoms with Gasteiger partial charge in [0.2, 0.25) is 0 Å². The van der Waals surface area contributed by atoms with E-state index < -0.39 is 0 Å². The van der Waals surface area contributed by atoms with Crippen molar-refractivity contribution in [1.29, 1.82) is 5.26 Å². The fraction of sp³-hybridized carbons (Fsp3) is 0.700. The molecule has 1 fully saturated rings. The maximum absolute atomic E-state index is 8.44. The largest absolute Gasteiger partial charge is 0.293 e. The van der Waals surface area contributed by atoms with Gasteiger partial charge in [0, 0.05) is 25.0 Å². The number of rotatable bonds is 3. The molecule has 2 nitrogen and oxygen atoms in total. The van der Waals surface area contributed by atoms with Crippen LogP contribution in [0.15, 0.2) is 12.2 Å². The Kier molecular flexibility index (Phi) is 2.54. The SMILES string of the molecule is C=C(C)C1(C)CCN1CCC#N. The van der Waals surface area contributed by atoms with Crippen molar-refractivity contribution >= 4 is 0 Å². The van der Waals surface area contributed by atoms with Gasteiger partial charge in [0.1, 0.15) is 0 Å². The summed E-state index contributed by atoms with van der Waals surface area (Å²) in [6, 6.07) is 2.17. The van der Waals surface area contributed by atoms with Crippen LogP contribution in [0.4, 0.5) is 0 Å². The first-order valence-electron chi connectivity index (χ1n) is 4.39. The molecule has 1 atom stereocenters. The molecule has 0 amide bonds. The van der Waals surface area contributed by atoms with Crippen LogP contribution in [-0.2, 0) is 0 Å². The average molecular weight is 164 g/mol. The van der Waals surface area contributed by atoms with Crippen molar-refractivity contribution in [1.82, 2.24) is 4.90 Å². The Labute approximate surface area is 74.5 Å². The molecule has 12 heavy (non-hydrogen) atoms. The number of hydrogen-bond acceptors (Lipinski definition) is 2. The third kappa shape index (κ3) is 1.37. The molecule has 1 heterocycles. The van der Waals surface area contributed by atoms with E-state index in [2.05, 4.69) is 31.4 Å². The zero-order chi connectivity index (χ0) is 9.19. The standard InChI is InChI=1S/C10H16N2/c1-9(2)10(3)5-8-12(10)7-4-6-11/h1,4-5,7-8H2,2-3H3. The maximum atomic E-state index is 8.44. The van der Waals surface area contributed by atoms with E-state index in [0.717, 1.165) is 13.1 Å². The molecule has 66 valence electrons. The highest BCUT2D eigenvalue weighted by atomic mass is 15.2. The molecular formula is C10H16N2. The molecule has 1 rings (SSSR count). The summed E-state index contributed by atoms with van der Waals surface area (Å²) in [5, 5.41) is 8.44. The first-order chi connectivity index (χ1) is 5.61. The lowest BCUT2D eigenvalue weighted by molar-refractivity contribution is 0.0335. The monoisotopic (exact) mass is 164 g/mol. The molecular weight excluding hydrogens is 148 g/mol. The molecule has 2 heteroatoms. The first kappa shape index (κ1) is 9.28. The highest BCUT2D eigenvalue weighted by molar-refractivity contribution is 5.18. The zero-order valence-corrected chi connectivity index (χ0v) is 7.93. The fourth-order valence-corrected chi connectivity index (χ4v) is 1.63. The minimum Gasteiger partial charge on any atom is -0.293 e. The molecule has 1 saturated heterocycles. The van der Waals surface area contributed by atoms with Gasteiger partial charge in [-0.1, -0.05) is 12.2 Å². The van der Waals surface area contributed by atoms with E-state index in [1.54, 1.807) is 0 Å². The normalized spacial score (nSPS) is 29.1. The molecule has 0 aromatic heterocycles. The first-order valence-corrected chi connectivity index (χ1v) is 4.39. The van der Waals surface area contributed by atoms with Crippen molar-refractivity contribution in [2.75, 3.05) is 13.1 Å². The Morgan fingerprint density at radius 2 is 2.42 bits per heavy atom. The lowest BCUT2D eigenvalue weighted by Gasteiger charge is -2.51. The molecule has 0 radical (unpaired) electrons. The molecule has 1 unspecified atom stereocenters. The number of hydrogen-bond donors (Lipinski definition) is 0. The van der Waals surface area contributed by atoms with Gasteiger partial charge >= 0.3 is 0 Å². The highest BCUT2D eigenvalue weighted by Crippen LogP contribution is 2.35. The smallest absolute Gasteiger partial charge is 0.0635 e. The number of nitriles is 1. The molecule has 0 bridgehead atoms. The molecule has 0 aromatic carbocycles. The summed E-state index contributed by atoms with van der Waals surface area (Å²) in [5.41, 5.74) is 1.39. The van der Waals surface area contributed by atoms with Crippen LogP contribution in [0.3, 0.4) is 0 Å². The lowest BCUT2D eigenvalue weighted by atomic mass is 9.81. The highest BCUT2D eigenvalue weighted by Gasteiger charge is 2.40. The minimum atomic E-state index is 0.177. The summed E-state index contributed by atoms with van der Waals surface area (Å²) < 4.78 is 0. The predicted octanol–water partition coefficient (Wildman–Crippen LogP) is 1.94. The molecule has 0 aliphatic carbocycles. The van der Waals surface area contributed by atoms with Crippen LogP contribution in [0.2, 0.25) is 0 Å². The van der Waals surface area contributed by atoms with Crippen molar-refractivity contribution < 1.29 is 0 Å². The second-order valence-electron chi connectivity index (χ2n) is 3.70. The molecule has 1 aliphatic heterocycles. The van der Waals surface area contributed by atoms with Gasteiger partial charge in [0.15, 0.2) is 0 Å². The second kappa shape index (κ2) is 3.28. The zero-order valence-electron chi connectivity index (χ0n) is 7.93. The summed E-state index contributed by atoms with van der Waals surface area (Å²) in [6.45, 7) is 10.3. The quantitative estimate of drug-likeness (QED) is 0.596. The van der Waals surface area contributed by atoms with E-state index in [-0.39, 0.29) is 5.54 Å². The van der Waals surface area contributed by atoms with E-state index in [0.29, 0.717) is 6.42 Å². The predicted molar refractivity (Wildman–Crippen MR) is 49.6 cm³/mol. The van der Waals surface area contributed by atoms with Crippen LogP contribution in [0.25, 0.3) is 0 Å². The summed E-state index contributed by atoms with van der Waals surface area (Å²) in [4.78, 5) is 2.33. The van der Waals surface area contributed by atoms with E-state index in [1.807, 2.05) is 0 Å². The van der Waals surface area contributed by atoms with Crippen LogP contribution in [-0.4, -0.2) is 23.5 Å². The topological polar surface area (TPSA) is 27.0 Å². The van der Waals surface area contributed by atoms with E-state index in [4.69, 9.17) is 5.26 Å². The second-order valence-corrected chi connectivity index (χ2v) is 3.70. The number of likely N-dealkylation sites (tertiary alicyclic amines) is 1. The van der Waals surface area contributed by atoms with Gasteiger partial charge in [0.25, 0.3) is 0 Å². The molecule has 0 N–H and O–H groups in total.